The normalized spacial score (nSPS) is 24.9. The van der Waals surface area contributed by atoms with E-state index in [1.54, 1.807) is 53.2 Å². The summed E-state index contributed by atoms with van der Waals surface area (Å²) < 4.78 is 10.8. The summed E-state index contributed by atoms with van der Waals surface area (Å²) in [5, 5.41) is 42.9. The molecule has 0 radical (unpaired) electrons. The van der Waals surface area contributed by atoms with Crippen LogP contribution in [0.2, 0.25) is 0 Å². The standard InChI is InChI=1S/C13H14N2O4.C13H16N2O2.C12H12N2O4.C12H10N2O4/c1-19-8-5-6-14-11(7-8)12-9(13(14)16)3-2-4-10(12)15(17)18;1-17-8-5-6-15-11(7-8)12-9(13(15)16)3-2-4-10(12)14;2*15-7-4-5-13-10(6-7)11-8(12(13)16)2-1-3-9(11)14(17)18/h2-4,8,11H,5-7H2,1H3;2-4,8,11H,5-7,14H2,1H3;1-3,7,10,15H,4-6H2;1-3,10H,4-6H2. The average Bonchev–Trinajstić information content (AvgIpc) is 4.04. The van der Waals surface area contributed by atoms with Gasteiger partial charge in [-0.1, -0.05) is 24.3 Å². The molecule has 4 amide bonds. The molecule has 8 heterocycles. The molecule has 0 saturated carbocycles. The first-order valence-corrected chi connectivity index (χ1v) is 23.7. The highest BCUT2D eigenvalue weighted by Gasteiger charge is 2.47. The number of aliphatic hydroxyl groups is 1. The second kappa shape index (κ2) is 19.8. The lowest BCUT2D eigenvalue weighted by Crippen LogP contribution is -2.38. The molecule has 0 spiro atoms. The van der Waals surface area contributed by atoms with E-state index >= 15 is 0 Å². The molecule has 8 aliphatic heterocycles. The average molecular weight is 989 g/mol. The number of hydrogen-bond donors (Lipinski definition) is 2. The number of nitro groups is 3. The van der Waals surface area contributed by atoms with Gasteiger partial charge in [0.2, 0.25) is 0 Å². The van der Waals surface area contributed by atoms with Gasteiger partial charge < -0.3 is 39.9 Å². The molecule has 3 N–H and O–H groups in total. The van der Waals surface area contributed by atoms with E-state index in [1.807, 2.05) is 23.1 Å². The van der Waals surface area contributed by atoms with Crippen LogP contribution in [0.25, 0.3) is 0 Å². The van der Waals surface area contributed by atoms with Gasteiger partial charge in [0, 0.05) is 88.3 Å². The lowest BCUT2D eigenvalue weighted by molar-refractivity contribution is -0.386. The van der Waals surface area contributed by atoms with Crippen LogP contribution in [0, 0.1) is 30.3 Å². The molecular weight excluding hydrogens is 937 g/mol. The van der Waals surface area contributed by atoms with Crippen LogP contribution in [0.3, 0.4) is 0 Å². The van der Waals surface area contributed by atoms with Crippen LogP contribution >= 0.6 is 0 Å². The Kier molecular flexibility index (Phi) is 13.6. The zero-order valence-corrected chi connectivity index (χ0v) is 39.4. The third kappa shape index (κ3) is 8.68. The van der Waals surface area contributed by atoms with Gasteiger partial charge in [-0.2, -0.15) is 0 Å². The van der Waals surface area contributed by atoms with Crippen molar-refractivity contribution in [2.45, 2.75) is 93.8 Å². The molecule has 4 aromatic rings. The molecule has 0 aliphatic carbocycles. The summed E-state index contributed by atoms with van der Waals surface area (Å²) in [5.74, 6) is -0.294. The monoisotopic (exact) mass is 988 g/mol. The van der Waals surface area contributed by atoms with E-state index in [1.165, 1.54) is 30.3 Å². The molecule has 7 unspecified atom stereocenters. The van der Waals surface area contributed by atoms with Crippen LogP contribution in [-0.4, -0.2) is 128 Å². The van der Waals surface area contributed by atoms with Crippen LogP contribution in [0.1, 0.15) is 139 Å². The van der Waals surface area contributed by atoms with Gasteiger partial charge in [-0.25, -0.2) is 0 Å². The van der Waals surface area contributed by atoms with Crippen molar-refractivity contribution in [3.8, 4) is 0 Å². The van der Waals surface area contributed by atoms with Gasteiger partial charge in [0.25, 0.3) is 40.7 Å². The van der Waals surface area contributed by atoms with Gasteiger partial charge >= 0.3 is 0 Å². The summed E-state index contributed by atoms with van der Waals surface area (Å²) in [6.07, 6.45) is 4.39. The number of methoxy groups -OCH3 is 2. The number of hydrogen-bond acceptors (Lipinski definition) is 15. The van der Waals surface area contributed by atoms with Gasteiger partial charge in [0.15, 0.2) is 0 Å². The van der Waals surface area contributed by atoms with E-state index in [0.717, 1.165) is 42.6 Å². The van der Waals surface area contributed by atoms with Gasteiger partial charge in [-0.3, -0.25) is 54.3 Å². The van der Waals surface area contributed by atoms with E-state index in [-0.39, 0.29) is 83.2 Å². The van der Waals surface area contributed by atoms with Crippen LogP contribution in [-0.2, 0) is 14.3 Å². The molecule has 8 aliphatic rings. The highest BCUT2D eigenvalue weighted by molar-refractivity contribution is 6.03. The number of benzene rings is 4. The van der Waals surface area contributed by atoms with Crippen LogP contribution < -0.4 is 5.73 Å². The molecule has 376 valence electrons. The number of ketones is 1. The fourth-order valence-corrected chi connectivity index (χ4v) is 11.6. The summed E-state index contributed by atoms with van der Waals surface area (Å²) in [5.41, 5.74) is 11.1. The van der Waals surface area contributed by atoms with Crippen LogP contribution in [0.4, 0.5) is 22.7 Å². The SMILES string of the molecule is COC1CCN2C(=O)c3cccc(N)c3C2C1.COC1CCN2C(=O)c3cccc([N+](=O)[O-])c3C2C1.O=C1CCN2C(=O)c3cccc([N+](=O)[O-])c3C2C1.O=C1c2cccc([N+](=O)[O-])c2C2CC(O)CCN12. The van der Waals surface area contributed by atoms with E-state index in [4.69, 9.17) is 15.2 Å². The molecule has 12 rings (SSSR count). The summed E-state index contributed by atoms with van der Waals surface area (Å²) in [4.78, 5) is 98.9. The predicted octanol–water partition coefficient (Wildman–Crippen LogP) is 6.18. The molecule has 0 bridgehead atoms. The fraction of sp³-hybridized carbons (Fsp3) is 0.420. The first-order chi connectivity index (χ1) is 34.5. The van der Waals surface area contributed by atoms with E-state index in [2.05, 4.69) is 0 Å². The van der Waals surface area contributed by atoms with Crippen molar-refractivity contribution in [3.05, 3.63) is 148 Å². The molecule has 7 atom stereocenters. The van der Waals surface area contributed by atoms with Crippen molar-refractivity contribution in [1.29, 1.82) is 0 Å². The van der Waals surface area contributed by atoms with Gasteiger partial charge in [-0.05, 0) is 68.9 Å². The third-order valence-corrected chi connectivity index (χ3v) is 15.1. The van der Waals surface area contributed by atoms with Crippen LogP contribution in [0.5, 0.6) is 0 Å². The Morgan fingerprint density at radius 2 is 0.875 bits per heavy atom. The predicted molar refractivity (Wildman–Crippen MR) is 255 cm³/mol. The Hall–Kier alpha value is -7.69. The number of nitrogens with two attached hydrogens (primary N) is 1. The lowest BCUT2D eigenvalue weighted by atomic mass is 9.94. The molecular formula is C50H52N8O14. The second-order valence-corrected chi connectivity index (χ2v) is 18.8. The number of carbonyl (C=O) groups is 5. The largest absolute Gasteiger partial charge is 0.398 e. The van der Waals surface area contributed by atoms with Crippen LogP contribution in [0.15, 0.2) is 72.8 Å². The second-order valence-electron chi connectivity index (χ2n) is 18.8. The molecule has 0 aromatic heterocycles. The number of ether oxygens (including phenoxy) is 2. The maximum Gasteiger partial charge on any atom is 0.275 e. The van der Waals surface area contributed by atoms with E-state index in [0.29, 0.717) is 78.7 Å². The zero-order chi connectivity index (χ0) is 51.3. The topological polar surface area (TPSA) is 292 Å². The zero-order valence-electron chi connectivity index (χ0n) is 39.4. The van der Waals surface area contributed by atoms with Gasteiger partial charge in [-0.15, -0.1) is 0 Å². The Labute approximate surface area is 411 Å². The molecule has 72 heavy (non-hydrogen) atoms. The van der Waals surface area contributed by atoms with E-state index in [9.17, 15) is 59.4 Å². The smallest absolute Gasteiger partial charge is 0.275 e. The highest BCUT2D eigenvalue weighted by atomic mass is 16.6. The van der Waals surface area contributed by atoms with Crippen molar-refractivity contribution in [3.63, 3.8) is 0 Å². The maximum absolute atomic E-state index is 12.3. The minimum atomic E-state index is -0.496. The van der Waals surface area contributed by atoms with Crippen molar-refractivity contribution in [2.75, 3.05) is 46.1 Å². The Balaban J connectivity index is 0.000000119. The van der Waals surface area contributed by atoms with Crippen molar-refractivity contribution in [1.82, 2.24) is 19.6 Å². The number of fused-ring (bicyclic) bond motifs is 12. The minimum absolute atomic E-state index is 0.0255. The number of piperidine rings is 4. The number of nitrogen functional groups attached to an aromatic ring is 1. The Bertz CT molecular complexity index is 2930. The minimum Gasteiger partial charge on any atom is -0.398 e. The number of Topliss-reactive ketones (excluding diaryl/α,β-unsaturated/α-hetero) is 1. The van der Waals surface area contributed by atoms with Crippen molar-refractivity contribution < 1.29 is 53.3 Å². The number of nitrogens with zero attached hydrogens (tertiary/aromatic N) is 7. The van der Waals surface area contributed by atoms with Gasteiger partial charge in [0.05, 0.1) is 90.6 Å². The van der Waals surface area contributed by atoms with Crippen molar-refractivity contribution in [2.24, 2.45) is 0 Å². The number of anilines is 1. The first-order valence-electron chi connectivity index (χ1n) is 23.7. The number of carbonyl (C=O) groups excluding carboxylic acids is 5. The first kappa shape index (κ1) is 49.3. The van der Waals surface area contributed by atoms with E-state index < -0.39 is 26.9 Å². The summed E-state index contributed by atoms with van der Waals surface area (Å²) in [7, 11) is 3.36. The Morgan fingerprint density at radius 3 is 1.31 bits per heavy atom. The number of amides is 4. The molecule has 4 aromatic carbocycles. The molecule has 22 heteroatoms. The third-order valence-electron chi connectivity index (χ3n) is 15.1. The number of nitro benzene ring substituents is 3. The maximum atomic E-state index is 12.3. The number of aliphatic hydroxyl groups excluding tert-OH is 1. The van der Waals surface area contributed by atoms with Crippen molar-refractivity contribution >= 4 is 52.2 Å². The highest BCUT2D eigenvalue weighted by Crippen LogP contribution is 2.47. The summed E-state index contributed by atoms with van der Waals surface area (Å²) in [6.45, 7) is 2.16. The lowest BCUT2D eigenvalue weighted by Gasteiger charge is -2.34. The molecule has 4 saturated heterocycles. The molecule has 22 nitrogen and oxygen atoms in total. The summed E-state index contributed by atoms with van der Waals surface area (Å²) >= 11 is 0. The molecule has 4 fully saturated rings. The fourth-order valence-electron chi connectivity index (χ4n) is 11.6. The summed E-state index contributed by atoms with van der Waals surface area (Å²) in [6, 6.07) is 18.4. The van der Waals surface area contributed by atoms with Gasteiger partial charge in [0.1, 0.15) is 5.78 Å². The Morgan fingerprint density at radius 1 is 0.514 bits per heavy atom. The quantitative estimate of drug-likeness (QED) is 0.128. The number of rotatable bonds is 5.